The van der Waals surface area contributed by atoms with E-state index in [1.807, 2.05) is 29.8 Å². The second kappa shape index (κ2) is 7.11. The average molecular weight is 355 g/mol. The maximum Gasteiger partial charge on any atom is 0.254 e. The molecule has 0 spiro atoms. The largest absolute Gasteiger partial charge is 0.337 e. The van der Waals surface area contributed by atoms with E-state index >= 15 is 0 Å². The molecule has 0 saturated heterocycles. The first kappa shape index (κ1) is 16.6. The van der Waals surface area contributed by atoms with Gasteiger partial charge in [-0.25, -0.2) is 0 Å². The van der Waals surface area contributed by atoms with Crippen LogP contribution in [0.25, 0.3) is 0 Å². The number of aryl methyl sites for hydroxylation is 1. The third-order valence-corrected chi connectivity index (χ3v) is 5.72. The summed E-state index contributed by atoms with van der Waals surface area (Å²) in [5.74, 6) is -0.238. The van der Waals surface area contributed by atoms with Gasteiger partial charge in [0.05, 0.1) is 17.0 Å². The Morgan fingerprint density at radius 1 is 0.958 bits per heavy atom. The summed E-state index contributed by atoms with van der Waals surface area (Å²) in [6.07, 6.45) is 0. The number of hydrogen-bond acceptors (Lipinski definition) is 4. The van der Waals surface area contributed by atoms with E-state index in [4.69, 9.17) is 0 Å². The smallest absolute Gasteiger partial charge is 0.254 e. The lowest BCUT2D eigenvalue weighted by Gasteiger charge is -2.18. The molecule has 0 aliphatic heterocycles. The fourth-order valence-electron chi connectivity index (χ4n) is 2.47. The molecule has 0 N–H and O–H groups in total. The van der Waals surface area contributed by atoms with Crippen LogP contribution in [0, 0.1) is 6.92 Å². The molecule has 1 amide bonds. The monoisotopic (exact) mass is 355 g/mol. The van der Waals surface area contributed by atoms with Crippen molar-refractivity contribution in [3.8, 4) is 0 Å². The van der Waals surface area contributed by atoms with Crippen LogP contribution in [0.15, 0.2) is 53.2 Å². The number of amides is 1. The molecule has 0 aliphatic carbocycles. The van der Waals surface area contributed by atoms with Crippen molar-refractivity contribution in [2.75, 3.05) is 7.05 Å². The molecule has 0 aliphatic rings. The zero-order chi connectivity index (χ0) is 17.1. The Kier molecular flexibility index (Phi) is 4.92. The maximum absolute atomic E-state index is 12.9. The standard InChI is InChI=1S/C19H17NO2S2/c1-13-9-11-24-17(13)12-20(2)19(22)15-7-4-3-6-14(15)18(21)16-8-5-10-23-16/h3-11H,12H2,1-2H3. The fraction of sp³-hybridized carbons (Fsp3) is 0.158. The number of thiophene rings is 2. The number of ketones is 1. The normalized spacial score (nSPS) is 10.6. The van der Waals surface area contributed by atoms with Gasteiger partial charge < -0.3 is 4.90 Å². The molecule has 3 aromatic rings. The lowest BCUT2D eigenvalue weighted by Crippen LogP contribution is -2.27. The zero-order valence-corrected chi connectivity index (χ0v) is 15.1. The highest BCUT2D eigenvalue weighted by atomic mass is 32.1. The van der Waals surface area contributed by atoms with Gasteiger partial charge in [0, 0.05) is 17.5 Å². The van der Waals surface area contributed by atoms with Crippen molar-refractivity contribution in [3.63, 3.8) is 0 Å². The van der Waals surface area contributed by atoms with Crippen LogP contribution in [0.5, 0.6) is 0 Å². The first-order valence-electron chi connectivity index (χ1n) is 7.53. The van der Waals surface area contributed by atoms with Gasteiger partial charge in [0.15, 0.2) is 0 Å². The Morgan fingerprint density at radius 3 is 2.33 bits per heavy atom. The van der Waals surface area contributed by atoms with Crippen LogP contribution >= 0.6 is 22.7 Å². The minimum Gasteiger partial charge on any atom is -0.337 e. The summed E-state index contributed by atoms with van der Waals surface area (Å²) in [5, 5.41) is 3.89. The van der Waals surface area contributed by atoms with Gasteiger partial charge in [-0.1, -0.05) is 24.3 Å². The van der Waals surface area contributed by atoms with Crippen LogP contribution in [-0.2, 0) is 6.54 Å². The van der Waals surface area contributed by atoms with E-state index in [1.54, 1.807) is 53.6 Å². The molecule has 0 saturated carbocycles. The van der Waals surface area contributed by atoms with Gasteiger partial charge in [0.1, 0.15) is 0 Å². The highest BCUT2D eigenvalue weighted by molar-refractivity contribution is 7.12. The van der Waals surface area contributed by atoms with Gasteiger partial charge in [-0.3, -0.25) is 9.59 Å². The number of carbonyl (C=O) groups excluding carboxylic acids is 2. The molecule has 24 heavy (non-hydrogen) atoms. The molecule has 1 aromatic carbocycles. The fourth-order valence-corrected chi connectivity index (χ4v) is 4.10. The minimum absolute atomic E-state index is 0.102. The first-order valence-corrected chi connectivity index (χ1v) is 9.29. The summed E-state index contributed by atoms with van der Waals surface area (Å²) >= 11 is 3.03. The molecule has 0 radical (unpaired) electrons. The van der Waals surface area contributed by atoms with Crippen molar-refractivity contribution >= 4 is 34.4 Å². The number of nitrogens with zero attached hydrogens (tertiary/aromatic N) is 1. The number of rotatable bonds is 5. The quantitative estimate of drug-likeness (QED) is 0.626. The van der Waals surface area contributed by atoms with Crippen molar-refractivity contribution in [1.29, 1.82) is 0 Å². The molecule has 0 unspecified atom stereocenters. The topological polar surface area (TPSA) is 37.4 Å². The van der Waals surface area contributed by atoms with Crippen molar-refractivity contribution in [2.45, 2.75) is 13.5 Å². The third-order valence-electron chi connectivity index (χ3n) is 3.84. The summed E-state index contributed by atoms with van der Waals surface area (Å²) in [5.41, 5.74) is 2.09. The average Bonchev–Trinajstić information content (AvgIpc) is 3.26. The van der Waals surface area contributed by atoms with Gasteiger partial charge in [0.25, 0.3) is 5.91 Å². The first-order chi connectivity index (χ1) is 11.6. The highest BCUT2D eigenvalue weighted by Crippen LogP contribution is 2.22. The van der Waals surface area contributed by atoms with Crippen LogP contribution in [0.1, 0.15) is 36.0 Å². The van der Waals surface area contributed by atoms with Gasteiger partial charge >= 0.3 is 0 Å². The van der Waals surface area contributed by atoms with Crippen LogP contribution in [-0.4, -0.2) is 23.6 Å². The van der Waals surface area contributed by atoms with E-state index in [9.17, 15) is 9.59 Å². The number of hydrogen-bond donors (Lipinski definition) is 0. The third kappa shape index (κ3) is 3.32. The Hall–Kier alpha value is -2.24. The van der Waals surface area contributed by atoms with Gasteiger partial charge in [0.2, 0.25) is 5.78 Å². The Labute approximate surface area is 149 Å². The van der Waals surface area contributed by atoms with E-state index in [1.165, 1.54) is 16.9 Å². The molecule has 0 fully saturated rings. The molecular weight excluding hydrogens is 338 g/mol. The van der Waals surface area contributed by atoms with Gasteiger partial charge in [-0.05, 0) is 41.4 Å². The molecule has 3 rings (SSSR count). The molecular formula is C19H17NO2S2. The predicted octanol–water partition coefficient (Wildman–Crippen LogP) is 4.62. The van der Waals surface area contributed by atoms with Crippen molar-refractivity contribution in [3.05, 3.63) is 79.7 Å². The molecule has 3 nitrogen and oxygen atoms in total. The second-order valence-corrected chi connectivity index (χ2v) is 7.49. The lowest BCUT2D eigenvalue weighted by atomic mass is 10.0. The molecule has 122 valence electrons. The van der Waals surface area contributed by atoms with Gasteiger partial charge in [-0.15, -0.1) is 22.7 Å². The lowest BCUT2D eigenvalue weighted by molar-refractivity contribution is 0.0781. The minimum atomic E-state index is -0.136. The summed E-state index contributed by atoms with van der Waals surface area (Å²) in [7, 11) is 1.77. The second-order valence-electron chi connectivity index (χ2n) is 5.54. The van der Waals surface area contributed by atoms with Gasteiger partial charge in [-0.2, -0.15) is 0 Å². The Morgan fingerprint density at radius 2 is 1.71 bits per heavy atom. The predicted molar refractivity (Wildman–Crippen MR) is 99.0 cm³/mol. The molecule has 2 aromatic heterocycles. The van der Waals surface area contributed by atoms with Crippen LogP contribution in [0.3, 0.4) is 0 Å². The Balaban J connectivity index is 1.87. The number of benzene rings is 1. The Bertz CT molecular complexity index is 865. The molecule has 0 bridgehead atoms. The maximum atomic E-state index is 12.9. The van der Waals surface area contributed by atoms with Crippen molar-refractivity contribution < 1.29 is 9.59 Å². The van der Waals surface area contributed by atoms with E-state index < -0.39 is 0 Å². The van der Waals surface area contributed by atoms with E-state index in [0.29, 0.717) is 22.5 Å². The van der Waals surface area contributed by atoms with E-state index in [-0.39, 0.29) is 11.7 Å². The number of carbonyl (C=O) groups is 2. The summed E-state index contributed by atoms with van der Waals surface area (Å²) in [6.45, 7) is 2.59. The molecule has 0 atom stereocenters. The van der Waals surface area contributed by atoms with Crippen LogP contribution in [0.4, 0.5) is 0 Å². The van der Waals surface area contributed by atoms with Crippen molar-refractivity contribution in [1.82, 2.24) is 4.90 Å². The highest BCUT2D eigenvalue weighted by Gasteiger charge is 2.21. The van der Waals surface area contributed by atoms with Crippen molar-refractivity contribution in [2.24, 2.45) is 0 Å². The van der Waals surface area contributed by atoms with E-state index in [0.717, 1.165) is 4.88 Å². The zero-order valence-electron chi connectivity index (χ0n) is 13.5. The molecule has 5 heteroatoms. The summed E-state index contributed by atoms with van der Waals surface area (Å²) in [4.78, 5) is 29.0. The summed E-state index contributed by atoms with van der Waals surface area (Å²) in [6, 6.07) is 12.7. The van der Waals surface area contributed by atoms with Crippen LogP contribution in [0.2, 0.25) is 0 Å². The van der Waals surface area contributed by atoms with E-state index in [2.05, 4.69) is 0 Å². The summed E-state index contributed by atoms with van der Waals surface area (Å²) < 4.78 is 0. The van der Waals surface area contributed by atoms with Crippen LogP contribution < -0.4 is 0 Å². The molecule has 2 heterocycles. The SMILES string of the molecule is Cc1ccsc1CN(C)C(=O)c1ccccc1C(=O)c1cccs1.